The number of nitrogens with zero attached hydrogens (tertiary/aromatic N) is 3. The van der Waals surface area contributed by atoms with E-state index in [2.05, 4.69) is 4.98 Å². The van der Waals surface area contributed by atoms with Gasteiger partial charge in [-0.1, -0.05) is 19.1 Å². The molecular weight excluding hydrogens is 333 g/mol. The predicted molar refractivity (Wildman–Crippen MR) is 95.2 cm³/mol. The van der Waals surface area contributed by atoms with Crippen molar-refractivity contribution >= 4 is 5.91 Å². The van der Waals surface area contributed by atoms with E-state index >= 15 is 0 Å². The summed E-state index contributed by atoms with van der Waals surface area (Å²) in [7, 11) is 0. The molecule has 3 atom stereocenters. The fraction of sp³-hybridized carbons (Fsp3) is 0.500. The Hall–Kier alpha value is -2.37. The number of aromatic nitrogens is 2. The number of imidazole rings is 1. The average molecular weight is 357 g/mol. The summed E-state index contributed by atoms with van der Waals surface area (Å²) >= 11 is 0. The van der Waals surface area contributed by atoms with Crippen LogP contribution in [0.5, 0.6) is 5.75 Å². The highest BCUT2D eigenvalue weighted by Gasteiger charge is 2.45. The Balaban J connectivity index is 1.39. The van der Waals surface area contributed by atoms with E-state index in [9.17, 15) is 9.18 Å². The molecule has 1 aliphatic carbocycles. The number of rotatable bonds is 5. The molecule has 0 radical (unpaired) electrons. The molecule has 0 N–H and O–H groups in total. The number of hydrogen-bond acceptors (Lipinski definition) is 3. The van der Waals surface area contributed by atoms with Crippen LogP contribution in [0.3, 0.4) is 0 Å². The minimum Gasteiger partial charge on any atom is -0.487 e. The van der Waals surface area contributed by atoms with Crippen LogP contribution in [0, 0.1) is 17.7 Å². The third-order valence-electron chi connectivity index (χ3n) is 5.68. The normalized spacial score (nSPS) is 24.7. The van der Waals surface area contributed by atoms with Gasteiger partial charge in [0, 0.05) is 37.8 Å². The van der Waals surface area contributed by atoms with Crippen LogP contribution >= 0.6 is 0 Å². The minimum atomic E-state index is -0.325. The number of benzene rings is 1. The third kappa shape index (κ3) is 3.20. The van der Waals surface area contributed by atoms with Gasteiger partial charge in [0.2, 0.25) is 5.91 Å². The largest absolute Gasteiger partial charge is 0.487 e. The van der Waals surface area contributed by atoms with Crippen molar-refractivity contribution in [2.24, 2.45) is 11.8 Å². The first-order valence-corrected chi connectivity index (χ1v) is 9.34. The Morgan fingerprint density at radius 2 is 2.15 bits per heavy atom. The molecule has 0 spiro atoms. The summed E-state index contributed by atoms with van der Waals surface area (Å²) in [6.07, 6.45) is 6.34. The zero-order valence-corrected chi connectivity index (χ0v) is 15.0. The maximum atomic E-state index is 13.9. The lowest BCUT2D eigenvalue weighted by Gasteiger charge is -2.22. The van der Waals surface area contributed by atoms with Gasteiger partial charge in [-0.3, -0.25) is 4.79 Å². The first-order chi connectivity index (χ1) is 12.7. The van der Waals surface area contributed by atoms with E-state index in [1.807, 2.05) is 22.6 Å². The number of ether oxygens (including phenoxy) is 1. The molecule has 2 fully saturated rings. The fourth-order valence-electron chi connectivity index (χ4n) is 4.31. The highest BCUT2D eigenvalue weighted by molar-refractivity contribution is 5.76. The van der Waals surface area contributed by atoms with Crippen LogP contribution in [-0.2, 0) is 17.8 Å². The van der Waals surface area contributed by atoms with Crippen molar-refractivity contribution in [3.63, 3.8) is 0 Å². The van der Waals surface area contributed by atoms with Crippen molar-refractivity contribution in [2.45, 2.75) is 38.8 Å². The Morgan fingerprint density at radius 3 is 2.96 bits per heavy atom. The quantitative estimate of drug-likeness (QED) is 0.827. The highest BCUT2D eigenvalue weighted by Crippen LogP contribution is 2.40. The van der Waals surface area contributed by atoms with Crippen LogP contribution in [-0.4, -0.2) is 39.6 Å². The molecule has 1 aromatic heterocycles. The Morgan fingerprint density at radius 1 is 1.31 bits per heavy atom. The number of likely N-dealkylation sites (tertiary alicyclic amines) is 1. The number of amides is 1. The van der Waals surface area contributed by atoms with Gasteiger partial charge in [-0.25, -0.2) is 9.37 Å². The number of para-hydroxylation sites is 1. The number of carbonyl (C=O) groups excluding carboxylic acids is 1. The van der Waals surface area contributed by atoms with Gasteiger partial charge in [0.25, 0.3) is 0 Å². The van der Waals surface area contributed by atoms with Gasteiger partial charge in [0.1, 0.15) is 18.5 Å². The van der Waals surface area contributed by atoms with Crippen molar-refractivity contribution in [3.8, 4) is 5.75 Å². The molecule has 0 bridgehead atoms. The highest BCUT2D eigenvalue weighted by atomic mass is 19.1. The van der Waals surface area contributed by atoms with Gasteiger partial charge in [0.15, 0.2) is 11.6 Å². The van der Waals surface area contributed by atoms with E-state index in [1.54, 1.807) is 24.4 Å². The summed E-state index contributed by atoms with van der Waals surface area (Å²) in [5, 5.41) is 0. The number of fused-ring (bicyclic) bond motifs is 1. The number of carbonyl (C=O) groups is 1. The predicted octanol–water partition coefficient (Wildman–Crippen LogP) is 2.90. The molecule has 2 aliphatic rings. The molecule has 4 rings (SSSR count). The molecule has 138 valence electrons. The van der Waals surface area contributed by atoms with Crippen LogP contribution in [0.4, 0.5) is 4.39 Å². The van der Waals surface area contributed by atoms with Crippen molar-refractivity contribution in [1.82, 2.24) is 14.5 Å². The molecule has 1 saturated heterocycles. The standard InChI is InChI=1S/C20H24FN3O2/c1-2-19-22-9-10-23(19)13-20(25)24-11-14-7-8-17(15(14)12-24)26-18-6-4-3-5-16(18)21/h3-6,9-10,14-15,17H,2,7-8,11-13H2,1H3/t14-,15+,17-/m0/s1. The van der Waals surface area contributed by atoms with Gasteiger partial charge in [0.05, 0.1) is 0 Å². The molecule has 5 nitrogen and oxygen atoms in total. The SMILES string of the molecule is CCc1nccn1CC(=O)N1C[C@@H]2CC[C@H](Oc3ccccc3F)[C@@H]2C1. The van der Waals surface area contributed by atoms with Crippen LogP contribution in [0.15, 0.2) is 36.7 Å². The van der Waals surface area contributed by atoms with Crippen LogP contribution in [0.2, 0.25) is 0 Å². The van der Waals surface area contributed by atoms with Crippen molar-refractivity contribution in [2.75, 3.05) is 13.1 Å². The number of aryl methyl sites for hydroxylation is 1. The number of hydrogen-bond donors (Lipinski definition) is 0. The monoisotopic (exact) mass is 357 g/mol. The lowest BCUT2D eigenvalue weighted by atomic mass is 9.99. The van der Waals surface area contributed by atoms with Gasteiger partial charge in [-0.15, -0.1) is 0 Å². The summed E-state index contributed by atoms with van der Waals surface area (Å²) in [4.78, 5) is 18.9. The maximum Gasteiger partial charge on any atom is 0.242 e. The van der Waals surface area contributed by atoms with E-state index in [4.69, 9.17) is 4.74 Å². The molecule has 2 heterocycles. The Labute approximate surface area is 152 Å². The van der Waals surface area contributed by atoms with E-state index in [-0.39, 0.29) is 23.7 Å². The van der Waals surface area contributed by atoms with Crippen LogP contribution in [0.25, 0.3) is 0 Å². The molecule has 26 heavy (non-hydrogen) atoms. The van der Waals surface area contributed by atoms with E-state index < -0.39 is 0 Å². The summed E-state index contributed by atoms with van der Waals surface area (Å²) in [5.41, 5.74) is 0. The lowest BCUT2D eigenvalue weighted by molar-refractivity contribution is -0.131. The van der Waals surface area contributed by atoms with Crippen molar-refractivity contribution in [1.29, 1.82) is 0 Å². The van der Waals surface area contributed by atoms with Crippen molar-refractivity contribution in [3.05, 3.63) is 48.3 Å². The molecule has 0 unspecified atom stereocenters. The van der Waals surface area contributed by atoms with Gasteiger partial charge in [-0.05, 0) is 30.9 Å². The van der Waals surface area contributed by atoms with E-state index in [0.717, 1.165) is 31.6 Å². The molecule has 1 aromatic carbocycles. The molecule has 1 amide bonds. The third-order valence-corrected chi connectivity index (χ3v) is 5.68. The maximum absolute atomic E-state index is 13.9. The first kappa shape index (κ1) is 17.1. The second-order valence-corrected chi connectivity index (χ2v) is 7.21. The zero-order chi connectivity index (χ0) is 18.1. The van der Waals surface area contributed by atoms with E-state index in [1.165, 1.54) is 6.07 Å². The van der Waals surface area contributed by atoms with E-state index in [0.29, 0.717) is 24.8 Å². The lowest BCUT2D eigenvalue weighted by Crippen LogP contribution is -2.34. The molecule has 1 saturated carbocycles. The smallest absolute Gasteiger partial charge is 0.242 e. The molecular formula is C20H24FN3O2. The summed E-state index contributed by atoms with van der Waals surface area (Å²) in [5.74, 6) is 1.77. The average Bonchev–Trinajstić information content (AvgIpc) is 3.33. The Kier molecular flexibility index (Phi) is 4.66. The van der Waals surface area contributed by atoms with Crippen molar-refractivity contribution < 1.29 is 13.9 Å². The topological polar surface area (TPSA) is 47.4 Å². The number of halogens is 1. The summed E-state index contributed by atoms with van der Waals surface area (Å²) in [6, 6.07) is 6.54. The molecule has 2 aromatic rings. The van der Waals surface area contributed by atoms with Gasteiger partial charge >= 0.3 is 0 Å². The summed E-state index contributed by atoms with van der Waals surface area (Å²) < 4.78 is 21.8. The summed E-state index contributed by atoms with van der Waals surface area (Å²) in [6.45, 7) is 3.84. The van der Waals surface area contributed by atoms with Crippen LogP contribution in [0.1, 0.15) is 25.6 Å². The van der Waals surface area contributed by atoms with Gasteiger partial charge in [-0.2, -0.15) is 0 Å². The molecule has 6 heteroatoms. The second-order valence-electron chi connectivity index (χ2n) is 7.21. The Bertz CT molecular complexity index is 791. The fourth-order valence-corrected chi connectivity index (χ4v) is 4.31. The minimum absolute atomic E-state index is 0.0193. The van der Waals surface area contributed by atoms with Crippen LogP contribution < -0.4 is 4.74 Å². The molecule has 1 aliphatic heterocycles. The zero-order valence-electron chi connectivity index (χ0n) is 15.0. The first-order valence-electron chi connectivity index (χ1n) is 9.34. The van der Waals surface area contributed by atoms with Gasteiger partial charge < -0.3 is 14.2 Å². The second kappa shape index (κ2) is 7.09.